The van der Waals surface area contributed by atoms with Crippen molar-refractivity contribution >= 4 is 26.7 Å². The second-order valence-electron chi connectivity index (χ2n) is 4.45. The van der Waals surface area contributed by atoms with Gasteiger partial charge in [-0.2, -0.15) is 0 Å². The zero-order chi connectivity index (χ0) is 16.6. The number of sulfonamides is 1. The Hall–Kier alpha value is -2.99. The Kier molecular flexibility index (Phi) is 3.46. The van der Waals surface area contributed by atoms with Crippen molar-refractivity contribution in [3.63, 3.8) is 0 Å². The first-order valence-corrected chi connectivity index (χ1v) is 7.60. The van der Waals surface area contributed by atoms with Crippen LogP contribution in [0.4, 0.5) is 14.5 Å². The maximum Gasteiger partial charge on any atom is 0.264 e. The first kappa shape index (κ1) is 14.9. The van der Waals surface area contributed by atoms with Crippen molar-refractivity contribution in [1.29, 1.82) is 0 Å². The van der Waals surface area contributed by atoms with Gasteiger partial charge in [-0.15, -0.1) is 6.42 Å². The molecule has 23 heavy (non-hydrogen) atoms. The molecule has 116 valence electrons. The van der Waals surface area contributed by atoms with Gasteiger partial charge in [0.2, 0.25) is 0 Å². The van der Waals surface area contributed by atoms with Crippen molar-refractivity contribution in [3.05, 3.63) is 47.5 Å². The van der Waals surface area contributed by atoms with E-state index in [1.54, 1.807) is 0 Å². The standard InChI is InChI=1S/C14H7F2N3O3S/c1-2-8-6-9(15)13(10(16)7-8)19-23(20,21)12-5-3-4-11-14(12)18-22-17-11/h1,3-7,19H. The Labute approximate surface area is 129 Å². The van der Waals surface area contributed by atoms with Crippen molar-refractivity contribution in [3.8, 4) is 12.3 Å². The number of aromatic nitrogens is 2. The van der Waals surface area contributed by atoms with Crippen molar-refractivity contribution < 1.29 is 21.8 Å². The van der Waals surface area contributed by atoms with E-state index in [9.17, 15) is 17.2 Å². The number of anilines is 1. The molecule has 0 saturated carbocycles. The van der Waals surface area contributed by atoms with E-state index in [4.69, 9.17) is 6.42 Å². The molecule has 1 aromatic heterocycles. The van der Waals surface area contributed by atoms with Gasteiger partial charge >= 0.3 is 0 Å². The van der Waals surface area contributed by atoms with Crippen LogP contribution < -0.4 is 4.72 Å². The summed E-state index contributed by atoms with van der Waals surface area (Å²) in [6, 6.07) is 5.78. The van der Waals surface area contributed by atoms with Crippen LogP contribution in [0.2, 0.25) is 0 Å². The fourth-order valence-corrected chi connectivity index (χ4v) is 3.17. The molecule has 0 unspecified atom stereocenters. The number of halogens is 2. The van der Waals surface area contributed by atoms with E-state index in [0.717, 1.165) is 12.1 Å². The van der Waals surface area contributed by atoms with Crippen LogP contribution in [0.1, 0.15) is 5.56 Å². The number of terminal acetylenes is 1. The first-order valence-electron chi connectivity index (χ1n) is 6.12. The third-order valence-corrected chi connectivity index (χ3v) is 4.37. The number of rotatable bonds is 3. The van der Waals surface area contributed by atoms with Crippen molar-refractivity contribution in [2.75, 3.05) is 4.72 Å². The highest BCUT2D eigenvalue weighted by atomic mass is 32.2. The zero-order valence-corrected chi connectivity index (χ0v) is 12.1. The highest BCUT2D eigenvalue weighted by Crippen LogP contribution is 2.26. The maximum atomic E-state index is 13.9. The van der Waals surface area contributed by atoms with Crippen LogP contribution in [-0.4, -0.2) is 18.7 Å². The highest BCUT2D eigenvalue weighted by Gasteiger charge is 2.23. The van der Waals surface area contributed by atoms with Crippen molar-refractivity contribution in [2.45, 2.75) is 4.90 Å². The summed E-state index contributed by atoms with van der Waals surface area (Å²) in [6.07, 6.45) is 5.06. The summed E-state index contributed by atoms with van der Waals surface area (Å²) in [7, 11) is -4.32. The van der Waals surface area contributed by atoms with E-state index in [0.29, 0.717) is 0 Å². The average Bonchev–Trinajstić information content (AvgIpc) is 2.98. The van der Waals surface area contributed by atoms with E-state index in [1.165, 1.54) is 18.2 Å². The van der Waals surface area contributed by atoms with Crippen LogP contribution in [-0.2, 0) is 10.0 Å². The third kappa shape index (κ3) is 2.60. The van der Waals surface area contributed by atoms with E-state index in [1.807, 2.05) is 4.72 Å². The summed E-state index contributed by atoms with van der Waals surface area (Å²) < 4.78 is 58.8. The van der Waals surface area contributed by atoms with Crippen LogP contribution in [0.15, 0.2) is 39.9 Å². The molecule has 9 heteroatoms. The van der Waals surface area contributed by atoms with Gasteiger partial charge in [-0.1, -0.05) is 12.0 Å². The molecule has 0 aliphatic carbocycles. The Balaban J connectivity index is 2.10. The Morgan fingerprint density at radius 1 is 1.17 bits per heavy atom. The fraction of sp³-hybridized carbons (Fsp3) is 0. The smallest absolute Gasteiger partial charge is 0.264 e. The molecule has 0 atom stereocenters. The molecular formula is C14H7F2N3O3S. The van der Waals surface area contributed by atoms with Gasteiger partial charge in [0.25, 0.3) is 10.0 Å². The molecule has 2 aromatic carbocycles. The summed E-state index contributed by atoms with van der Waals surface area (Å²) >= 11 is 0. The van der Waals surface area contributed by atoms with Gasteiger partial charge in [0.05, 0.1) is 0 Å². The predicted molar refractivity (Wildman–Crippen MR) is 76.9 cm³/mol. The van der Waals surface area contributed by atoms with Crippen molar-refractivity contribution in [1.82, 2.24) is 10.3 Å². The Morgan fingerprint density at radius 3 is 2.52 bits per heavy atom. The average molecular weight is 335 g/mol. The summed E-state index contributed by atoms with van der Waals surface area (Å²) in [6.45, 7) is 0. The number of benzene rings is 2. The molecule has 0 saturated heterocycles. The number of nitrogens with one attached hydrogen (secondary N) is 1. The van der Waals surface area contributed by atoms with Crippen LogP contribution in [0.25, 0.3) is 11.0 Å². The van der Waals surface area contributed by atoms with Gasteiger partial charge in [-0.25, -0.2) is 21.8 Å². The topological polar surface area (TPSA) is 85.1 Å². The second-order valence-corrected chi connectivity index (χ2v) is 6.10. The first-order chi connectivity index (χ1) is 10.9. The molecular weight excluding hydrogens is 328 g/mol. The van der Waals surface area contributed by atoms with Crippen LogP contribution >= 0.6 is 0 Å². The SMILES string of the molecule is C#Cc1cc(F)c(NS(=O)(=O)c2cccc3nonc23)c(F)c1. The molecule has 0 fully saturated rings. The van der Waals surface area contributed by atoms with Gasteiger partial charge in [0, 0.05) is 5.56 Å². The molecule has 0 bridgehead atoms. The van der Waals surface area contributed by atoms with Gasteiger partial charge in [0.15, 0.2) is 17.2 Å². The lowest BCUT2D eigenvalue weighted by Gasteiger charge is -2.10. The monoisotopic (exact) mass is 335 g/mol. The number of nitrogens with zero attached hydrogens (tertiary/aromatic N) is 2. The Bertz CT molecular complexity index is 1030. The Morgan fingerprint density at radius 2 is 1.87 bits per heavy atom. The van der Waals surface area contributed by atoms with Gasteiger partial charge in [0.1, 0.15) is 16.1 Å². The minimum atomic E-state index is -4.32. The normalized spacial score (nSPS) is 11.3. The molecule has 0 aliphatic heterocycles. The molecule has 0 radical (unpaired) electrons. The lowest BCUT2D eigenvalue weighted by Crippen LogP contribution is -2.16. The minimum Gasteiger partial charge on any atom is -0.274 e. The molecule has 1 N–H and O–H groups in total. The summed E-state index contributed by atoms with van der Waals surface area (Å²) in [5.74, 6) is -0.202. The molecule has 3 aromatic rings. The van der Waals surface area contributed by atoms with E-state index in [2.05, 4.69) is 20.9 Å². The molecule has 0 spiro atoms. The highest BCUT2D eigenvalue weighted by molar-refractivity contribution is 7.93. The van der Waals surface area contributed by atoms with E-state index >= 15 is 0 Å². The lowest BCUT2D eigenvalue weighted by molar-refractivity contribution is 0.315. The van der Waals surface area contributed by atoms with E-state index in [-0.39, 0.29) is 21.5 Å². The summed E-state index contributed by atoms with van der Waals surface area (Å²) in [5, 5.41) is 6.99. The molecule has 3 rings (SSSR count). The molecule has 1 heterocycles. The maximum absolute atomic E-state index is 13.9. The van der Waals surface area contributed by atoms with Gasteiger partial charge < -0.3 is 0 Å². The third-order valence-electron chi connectivity index (χ3n) is 2.98. The second kappa shape index (κ2) is 5.33. The van der Waals surface area contributed by atoms with Gasteiger partial charge in [-0.05, 0) is 34.6 Å². The van der Waals surface area contributed by atoms with Crippen LogP contribution in [0, 0.1) is 24.0 Å². The van der Waals surface area contributed by atoms with Crippen LogP contribution in [0.3, 0.4) is 0 Å². The summed E-state index contributed by atoms with van der Waals surface area (Å²) in [5.41, 5.74) is -0.749. The van der Waals surface area contributed by atoms with Crippen LogP contribution in [0.5, 0.6) is 0 Å². The van der Waals surface area contributed by atoms with Crippen molar-refractivity contribution in [2.24, 2.45) is 0 Å². The lowest BCUT2D eigenvalue weighted by atomic mass is 10.2. The molecule has 0 amide bonds. The largest absolute Gasteiger partial charge is 0.274 e. The zero-order valence-electron chi connectivity index (χ0n) is 11.2. The number of hydrogen-bond donors (Lipinski definition) is 1. The molecule has 6 nitrogen and oxygen atoms in total. The fourth-order valence-electron chi connectivity index (χ4n) is 1.94. The minimum absolute atomic E-state index is 0.0502. The van der Waals surface area contributed by atoms with Gasteiger partial charge in [-0.3, -0.25) is 4.72 Å². The molecule has 0 aliphatic rings. The number of hydrogen-bond acceptors (Lipinski definition) is 5. The van der Waals surface area contributed by atoms with E-state index < -0.39 is 27.3 Å². The quantitative estimate of drug-likeness (QED) is 0.742. The predicted octanol–water partition coefficient (Wildman–Crippen LogP) is 2.28. The summed E-state index contributed by atoms with van der Waals surface area (Å²) in [4.78, 5) is -0.323. The number of fused-ring (bicyclic) bond motifs is 1.